The van der Waals surface area contributed by atoms with Gasteiger partial charge < -0.3 is 19.7 Å². The smallest absolute Gasteiger partial charge is 0.537 e. The minimum absolute atomic E-state index is 0.0417. The van der Waals surface area contributed by atoms with Gasteiger partial charge in [0.25, 0.3) is 0 Å². The van der Waals surface area contributed by atoms with Gasteiger partial charge in [0.15, 0.2) is 5.82 Å². The van der Waals surface area contributed by atoms with Gasteiger partial charge in [0.1, 0.15) is 6.73 Å². The number of rotatable bonds is 11. The van der Waals surface area contributed by atoms with Gasteiger partial charge in [0.2, 0.25) is 5.91 Å². The maximum Gasteiger partial charge on any atom is 0.569 e. The summed E-state index contributed by atoms with van der Waals surface area (Å²) >= 11 is 6.63. The molecular formula is C29H36BClN3O4Si. The average molecular weight is 565 g/mol. The van der Waals surface area contributed by atoms with Crippen molar-refractivity contribution in [3.8, 4) is 16.9 Å². The Morgan fingerprint density at radius 3 is 2.36 bits per heavy atom. The number of benzene rings is 3. The zero-order chi connectivity index (χ0) is 28.3. The minimum Gasteiger partial charge on any atom is -0.537 e. The van der Waals surface area contributed by atoms with Gasteiger partial charge in [0.05, 0.1) is 16.3 Å². The molecule has 0 aliphatic heterocycles. The summed E-state index contributed by atoms with van der Waals surface area (Å²) in [6.45, 7) is 9.98. The molecule has 0 saturated carbocycles. The molecule has 205 valence electrons. The summed E-state index contributed by atoms with van der Waals surface area (Å²) in [6.07, 6.45) is 1.24. The van der Waals surface area contributed by atoms with Crippen molar-refractivity contribution in [2.24, 2.45) is 0 Å². The van der Waals surface area contributed by atoms with Crippen LogP contribution >= 0.6 is 11.6 Å². The third-order valence-corrected chi connectivity index (χ3v) is 7.82. The van der Waals surface area contributed by atoms with E-state index in [2.05, 4.69) is 34.7 Å². The van der Waals surface area contributed by atoms with Gasteiger partial charge in [0, 0.05) is 32.1 Å². The molecule has 7 nitrogen and oxygen atoms in total. The SMILES string of the molecule is CCCC(=O)Nc1nn(COCC[Si](C)(C)C)c2cc(Cl)c(-c3ccccc3)cc12.O[B]Oc1ccccc1. The van der Waals surface area contributed by atoms with Gasteiger partial charge >= 0.3 is 7.69 Å². The predicted octanol–water partition coefficient (Wildman–Crippen LogP) is 7.00. The summed E-state index contributed by atoms with van der Waals surface area (Å²) < 4.78 is 12.3. The number of fused-ring (bicyclic) bond motifs is 1. The van der Waals surface area contributed by atoms with Crippen LogP contribution in [0.4, 0.5) is 5.82 Å². The summed E-state index contributed by atoms with van der Waals surface area (Å²) in [4.78, 5) is 12.2. The van der Waals surface area contributed by atoms with Crippen LogP contribution in [0, 0.1) is 0 Å². The molecule has 1 amide bonds. The molecule has 3 aromatic carbocycles. The number of hydrogen-bond acceptors (Lipinski definition) is 5. The van der Waals surface area contributed by atoms with E-state index in [9.17, 15) is 4.79 Å². The van der Waals surface area contributed by atoms with Crippen molar-refractivity contribution in [2.75, 3.05) is 11.9 Å². The second-order valence-electron chi connectivity index (χ2n) is 10.2. The van der Waals surface area contributed by atoms with E-state index in [4.69, 9.17) is 21.4 Å². The van der Waals surface area contributed by atoms with Gasteiger partial charge in [-0.2, -0.15) is 5.10 Å². The van der Waals surface area contributed by atoms with Crippen molar-refractivity contribution in [3.05, 3.63) is 77.8 Å². The number of halogens is 1. The van der Waals surface area contributed by atoms with E-state index in [1.165, 1.54) is 0 Å². The van der Waals surface area contributed by atoms with Gasteiger partial charge in [-0.05, 0) is 42.3 Å². The molecule has 0 spiro atoms. The standard InChI is InChI=1S/C23H30ClN3O2Si.C6H6BO2/c1-5-9-22(28)25-23-19-14-18(17-10-7-6-8-11-17)20(24)15-21(19)27(26-23)16-29-12-13-30(2,3)4;8-7-9-6-4-2-1-3-5-6/h6-8,10-11,14-15H,5,9,12-13,16H2,1-4H3,(H,25,26,28);1-5,8H. The fourth-order valence-electron chi connectivity index (χ4n) is 3.74. The monoisotopic (exact) mass is 564 g/mol. The highest BCUT2D eigenvalue weighted by atomic mass is 35.5. The predicted molar refractivity (Wildman–Crippen MR) is 163 cm³/mol. The molecule has 0 fully saturated rings. The molecule has 0 aliphatic rings. The summed E-state index contributed by atoms with van der Waals surface area (Å²) in [6, 6.07) is 24.0. The third kappa shape index (κ3) is 9.54. The number of anilines is 1. The van der Waals surface area contributed by atoms with E-state index >= 15 is 0 Å². The van der Waals surface area contributed by atoms with Crippen molar-refractivity contribution >= 4 is 50.0 Å². The molecule has 0 bridgehead atoms. The molecule has 0 unspecified atom stereocenters. The molecule has 4 aromatic rings. The minimum atomic E-state index is -1.16. The van der Waals surface area contributed by atoms with E-state index < -0.39 is 8.07 Å². The maximum atomic E-state index is 12.2. The third-order valence-electron chi connectivity index (χ3n) is 5.80. The highest BCUT2D eigenvalue weighted by Gasteiger charge is 2.17. The maximum absolute atomic E-state index is 12.2. The average Bonchev–Trinajstić information content (AvgIpc) is 3.23. The molecule has 39 heavy (non-hydrogen) atoms. The van der Waals surface area contributed by atoms with Crippen LogP contribution in [0.3, 0.4) is 0 Å². The number of aromatic nitrogens is 2. The van der Waals surface area contributed by atoms with E-state index in [0.29, 0.717) is 44.0 Å². The van der Waals surface area contributed by atoms with Crippen molar-refractivity contribution in [2.45, 2.75) is 52.2 Å². The van der Waals surface area contributed by atoms with Crippen molar-refractivity contribution in [1.29, 1.82) is 0 Å². The number of nitrogens with one attached hydrogen (secondary N) is 1. The Morgan fingerprint density at radius 1 is 1.08 bits per heavy atom. The number of amides is 1. The first-order chi connectivity index (χ1) is 18.7. The Balaban J connectivity index is 0.000000395. The van der Waals surface area contributed by atoms with Crippen LogP contribution < -0.4 is 9.97 Å². The van der Waals surface area contributed by atoms with Crippen molar-refractivity contribution in [3.63, 3.8) is 0 Å². The molecule has 1 heterocycles. The molecule has 0 atom stereocenters. The fraction of sp³-hybridized carbons (Fsp3) is 0.310. The Labute approximate surface area is 237 Å². The number of nitrogens with zero attached hydrogens (tertiary/aromatic N) is 2. The summed E-state index contributed by atoms with van der Waals surface area (Å²) in [5.74, 6) is 1.14. The molecule has 1 radical (unpaired) electrons. The van der Waals surface area contributed by atoms with E-state index in [1.54, 1.807) is 16.8 Å². The van der Waals surface area contributed by atoms with Crippen LogP contribution in [-0.4, -0.2) is 43.1 Å². The molecular weight excluding hydrogens is 529 g/mol. The second kappa shape index (κ2) is 14.9. The van der Waals surface area contributed by atoms with Crippen LogP contribution in [-0.2, 0) is 16.3 Å². The number of ether oxygens (including phenoxy) is 1. The Kier molecular flexibility index (Phi) is 11.6. The molecule has 10 heteroatoms. The van der Waals surface area contributed by atoms with Crippen LogP contribution in [0.5, 0.6) is 5.75 Å². The topological polar surface area (TPSA) is 85.6 Å². The molecule has 4 rings (SSSR count). The Hall–Kier alpha value is -3.11. The first-order valence-corrected chi connectivity index (χ1v) is 17.1. The van der Waals surface area contributed by atoms with Crippen LogP contribution in [0.25, 0.3) is 22.0 Å². The first kappa shape index (κ1) is 30.4. The van der Waals surface area contributed by atoms with Crippen molar-refractivity contribution in [1.82, 2.24) is 9.78 Å². The summed E-state index contributed by atoms with van der Waals surface area (Å²) in [5, 5.41) is 17.3. The lowest BCUT2D eigenvalue weighted by Crippen LogP contribution is -2.22. The quantitative estimate of drug-likeness (QED) is 0.151. The lowest BCUT2D eigenvalue weighted by atomic mass is 10.0. The Bertz CT molecular complexity index is 1330. The molecule has 0 aliphatic carbocycles. The second-order valence-corrected chi connectivity index (χ2v) is 16.3. The molecule has 2 N–H and O–H groups in total. The van der Waals surface area contributed by atoms with Crippen LogP contribution in [0.1, 0.15) is 19.8 Å². The highest BCUT2D eigenvalue weighted by molar-refractivity contribution is 6.76. The largest absolute Gasteiger partial charge is 0.569 e. The molecule has 0 saturated heterocycles. The van der Waals surface area contributed by atoms with E-state index in [0.717, 1.165) is 34.5 Å². The first-order valence-electron chi connectivity index (χ1n) is 13.0. The van der Waals surface area contributed by atoms with E-state index in [-0.39, 0.29) is 5.91 Å². The highest BCUT2D eigenvalue weighted by Crippen LogP contribution is 2.35. The number of hydrogen-bond donors (Lipinski definition) is 2. The van der Waals surface area contributed by atoms with Gasteiger partial charge in [-0.25, -0.2) is 4.68 Å². The van der Waals surface area contributed by atoms with Crippen molar-refractivity contribution < 1.29 is 19.2 Å². The Morgan fingerprint density at radius 2 is 1.74 bits per heavy atom. The lowest BCUT2D eigenvalue weighted by molar-refractivity contribution is -0.116. The van der Waals surface area contributed by atoms with Gasteiger partial charge in [-0.15, -0.1) is 0 Å². The fourth-order valence-corrected chi connectivity index (χ4v) is 4.76. The lowest BCUT2D eigenvalue weighted by Gasteiger charge is -2.15. The number of carbonyl (C=O) groups excluding carboxylic acids is 1. The number of carbonyl (C=O) groups is 1. The van der Waals surface area contributed by atoms with Gasteiger partial charge in [-0.3, -0.25) is 4.79 Å². The normalized spacial score (nSPS) is 11.0. The zero-order valence-corrected chi connectivity index (χ0v) is 24.7. The van der Waals surface area contributed by atoms with Gasteiger partial charge in [-0.1, -0.05) is 86.7 Å². The number of para-hydroxylation sites is 1. The molecule has 1 aromatic heterocycles. The van der Waals surface area contributed by atoms with Crippen LogP contribution in [0.2, 0.25) is 30.7 Å². The van der Waals surface area contributed by atoms with Crippen LogP contribution in [0.15, 0.2) is 72.8 Å². The zero-order valence-electron chi connectivity index (χ0n) is 23.0. The summed E-state index contributed by atoms with van der Waals surface area (Å²) in [7, 11) is -0.499. The summed E-state index contributed by atoms with van der Waals surface area (Å²) in [5.41, 5.74) is 2.78. The van der Waals surface area contributed by atoms with E-state index in [1.807, 2.05) is 67.6 Å².